The Hall–Kier alpha value is -0.510. The highest BCUT2D eigenvalue weighted by Crippen LogP contribution is 2.23. The highest BCUT2D eigenvalue weighted by Gasteiger charge is 2.06. The van der Waals surface area contributed by atoms with Gasteiger partial charge < -0.3 is 0 Å². The predicted octanol–water partition coefficient (Wildman–Crippen LogP) is 1.73. The molecule has 1 aliphatic heterocycles. The SMILES string of the molecule is c1ccc2c(c1)CONS2. The molecule has 0 fully saturated rings. The Kier molecular flexibility index (Phi) is 1.63. The van der Waals surface area contributed by atoms with E-state index in [1.807, 2.05) is 12.1 Å². The molecule has 1 aromatic rings. The molecule has 0 aliphatic carbocycles. The van der Waals surface area contributed by atoms with Gasteiger partial charge in [-0.25, -0.2) is 0 Å². The molecule has 3 heteroatoms. The van der Waals surface area contributed by atoms with Gasteiger partial charge in [-0.2, -0.15) is 0 Å². The van der Waals surface area contributed by atoms with Crippen LogP contribution in [0.3, 0.4) is 0 Å². The van der Waals surface area contributed by atoms with Crippen LogP contribution in [0.25, 0.3) is 0 Å². The highest BCUT2D eigenvalue weighted by molar-refractivity contribution is 7.97. The van der Waals surface area contributed by atoms with E-state index in [9.17, 15) is 0 Å². The van der Waals surface area contributed by atoms with Gasteiger partial charge in [0.05, 0.1) is 6.61 Å². The van der Waals surface area contributed by atoms with Gasteiger partial charge in [-0.05, 0) is 23.6 Å². The smallest absolute Gasteiger partial charge is 0.0955 e. The van der Waals surface area contributed by atoms with Gasteiger partial charge in [-0.1, -0.05) is 18.2 Å². The predicted molar refractivity (Wildman–Crippen MR) is 40.2 cm³/mol. The van der Waals surface area contributed by atoms with Crippen molar-refractivity contribution in [1.29, 1.82) is 0 Å². The third-order valence-corrected chi connectivity index (χ3v) is 2.23. The molecule has 0 saturated carbocycles. The molecule has 10 heavy (non-hydrogen) atoms. The van der Waals surface area contributed by atoms with Crippen molar-refractivity contribution in [2.75, 3.05) is 0 Å². The maximum Gasteiger partial charge on any atom is 0.0955 e. The van der Waals surface area contributed by atoms with Crippen LogP contribution in [0.4, 0.5) is 0 Å². The van der Waals surface area contributed by atoms with Crippen LogP contribution < -0.4 is 4.89 Å². The first kappa shape index (κ1) is 6.22. The van der Waals surface area contributed by atoms with Gasteiger partial charge in [0.25, 0.3) is 0 Å². The van der Waals surface area contributed by atoms with Crippen molar-refractivity contribution in [3.8, 4) is 0 Å². The Labute approximate surface area is 63.7 Å². The summed E-state index contributed by atoms with van der Waals surface area (Å²) >= 11 is 1.52. The molecule has 0 radical (unpaired) electrons. The molecule has 1 aliphatic rings. The maximum atomic E-state index is 5.01. The summed E-state index contributed by atoms with van der Waals surface area (Å²) in [6.45, 7) is 0.670. The second-order valence-corrected chi connectivity index (χ2v) is 2.89. The van der Waals surface area contributed by atoms with E-state index in [1.165, 1.54) is 22.4 Å². The van der Waals surface area contributed by atoms with E-state index in [1.54, 1.807) is 0 Å². The van der Waals surface area contributed by atoms with Crippen LogP contribution >= 0.6 is 11.9 Å². The minimum atomic E-state index is 0.670. The largest absolute Gasteiger partial charge is 0.286 e. The lowest BCUT2D eigenvalue weighted by atomic mass is 10.2. The second kappa shape index (κ2) is 2.62. The molecule has 52 valence electrons. The molecule has 0 saturated heterocycles. The van der Waals surface area contributed by atoms with Gasteiger partial charge in [0.2, 0.25) is 0 Å². The first-order chi connectivity index (χ1) is 4.97. The highest BCUT2D eigenvalue weighted by atomic mass is 32.2. The summed E-state index contributed by atoms with van der Waals surface area (Å²) in [4.78, 5) is 9.02. The van der Waals surface area contributed by atoms with E-state index >= 15 is 0 Å². The summed E-state index contributed by atoms with van der Waals surface area (Å²) in [6.07, 6.45) is 0. The fraction of sp³-hybridized carbons (Fsp3) is 0.143. The first-order valence-corrected chi connectivity index (χ1v) is 3.90. The first-order valence-electron chi connectivity index (χ1n) is 3.08. The van der Waals surface area contributed by atoms with Gasteiger partial charge in [-0.15, -0.1) is 4.89 Å². The zero-order chi connectivity index (χ0) is 6.81. The normalized spacial score (nSPS) is 16.4. The molecule has 0 amide bonds. The van der Waals surface area contributed by atoms with Crippen molar-refractivity contribution in [3.05, 3.63) is 29.8 Å². The summed E-state index contributed by atoms with van der Waals surface area (Å²) in [6, 6.07) is 8.20. The lowest BCUT2D eigenvalue weighted by molar-refractivity contribution is 0.0803. The Morgan fingerprint density at radius 2 is 2.30 bits per heavy atom. The molecule has 1 heterocycles. The quantitative estimate of drug-likeness (QED) is 0.573. The van der Waals surface area contributed by atoms with Crippen LogP contribution in [0.2, 0.25) is 0 Å². The van der Waals surface area contributed by atoms with Crippen LogP contribution in [0.5, 0.6) is 0 Å². The van der Waals surface area contributed by atoms with Crippen LogP contribution in [-0.2, 0) is 11.4 Å². The van der Waals surface area contributed by atoms with Crippen molar-refractivity contribution < 1.29 is 4.84 Å². The van der Waals surface area contributed by atoms with Crippen molar-refractivity contribution in [2.45, 2.75) is 11.5 Å². The number of nitrogens with one attached hydrogen (secondary N) is 1. The zero-order valence-electron chi connectivity index (χ0n) is 5.33. The minimum absolute atomic E-state index is 0.670. The summed E-state index contributed by atoms with van der Waals surface area (Å²) in [5, 5.41) is 0. The van der Waals surface area contributed by atoms with Crippen molar-refractivity contribution in [3.63, 3.8) is 0 Å². The zero-order valence-corrected chi connectivity index (χ0v) is 6.15. The van der Waals surface area contributed by atoms with E-state index in [0.29, 0.717) is 6.61 Å². The molecular weight excluding hydrogens is 146 g/mol. The number of hydrogen-bond acceptors (Lipinski definition) is 3. The molecule has 0 unspecified atom stereocenters. The average molecular weight is 153 g/mol. The van der Waals surface area contributed by atoms with E-state index in [-0.39, 0.29) is 0 Å². The van der Waals surface area contributed by atoms with Crippen molar-refractivity contribution in [2.24, 2.45) is 0 Å². The molecular formula is C7H7NOS. The van der Waals surface area contributed by atoms with E-state index in [4.69, 9.17) is 4.84 Å². The van der Waals surface area contributed by atoms with Gasteiger partial charge >= 0.3 is 0 Å². The number of fused-ring (bicyclic) bond motifs is 1. The molecule has 0 bridgehead atoms. The maximum absolute atomic E-state index is 5.01. The van der Waals surface area contributed by atoms with Gasteiger partial charge in [-0.3, -0.25) is 4.84 Å². The summed E-state index contributed by atoms with van der Waals surface area (Å²) in [5.74, 6) is 0. The average Bonchev–Trinajstić information content (AvgIpc) is 2.05. The fourth-order valence-corrected chi connectivity index (χ4v) is 1.52. The Morgan fingerprint density at radius 1 is 1.40 bits per heavy atom. The number of rotatable bonds is 0. The Bertz CT molecular complexity index is 214. The summed E-state index contributed by atoms with van der Waals surface area (Å²) in [5.41, 5.74) is 1.26. The number of benzene rings is 1. The molecule has 1 aromatic carbocycles. The van der Waals surface area contributed by atoms with E-state index < -0.39 is 0 Å². The topological polar surface area (TPSA) is 21.3 Å². The minimum Gasteiger partial charge on any atom is -0.286 e. The molecule has 2 rings (SSSR count). The summed E-state index contributed by atoms with van der Waals surface area (Å²) < 4.78 is 0. The molecule has 2 nitrogen and oxygen atoms in total. The molecule has 0 atom stereocenters. The number of hydrogen-bond donors (Lipinski definition) is 1. The molecule has 0 spiro atoms. The van der Waals surface area contributed by atoms with Crippen LogP contribution in [0.15, 0.2) is 29.2 Å². The van der Waals surface area contributed by atoms with Crippen molar-refractivity contribution >= 4 is 11.9 Å². The Balaban J connectivity index is 2.41. The Morgan fingerprint density at radius 3 is 3.20 bits per heavy atom. The monoisotopic (exact) mass is 153 g/mol. The fourth-order valence-electron chi connectivity index (χ4n) is 0.904. The third kappa shape index (κ3) is 1.03. The van der Waals surface area contributed by atoms with E-state index in [2.05, 4.69) is 17.0 Å². The van der Waals surface area contributed by atoms with Crippen LogP contribution in [0, 0.1) is 0 Å². The van der Waals surface area contributed by atoms with Gasteiger partial charge in [0.15, 0.2) is 0 Å². The standard InChI is InChI=1S/C7H7NOS/c1-2-4-7-6(3-1)5-9-8-10-7/h1-4,8H,5H2. The molecule has 1 N–H and O–H groups in total. The summed E-state index contributed by atoms with van der Waals surface area (Å²) in [7, 11) is 0. The van der Waals surface area contributed by atoms with E-state index in [0.717, 1.165) is 0 Å². The van der Waals surface area contributed by atoms with Gasteiger partial charge in [0.1, 0.15) is 0 Å². The van der Waals surface area contributed by atoms with Crippen LogP contribution in [-0.4, -0.2) is 0 Å². The second-order valence-electron chi connectivity index (χ2n) is 2.08. The van der Waals surface area contributed by atoms with Gasteiger partial charge in [0, 0.05) is 4.90 Å². The van der Waals surface area contributed by atoms with Crippen LogP contribution in [0.1, 0.15) is 5.56 Å². The lowest BCUT2D eigenvalue weighted by Gasteiger charge is -2.14. The third-order valence-electron chi connectivity index (χ3n) is 1.41. The lowest BCUT2D eigenvalue weighted by Crippen LogP contribution is -2.11. The van der Waals surface area contributed by atoms with Crippen molar-refractivity contribution in [1.82, 2.24) is 4.89 Å². The molecule has 0 aromatic heterocycles.